The van der Waals surface area contributed by atoms with Crippen LogP contribution in [0, 0.1) is 0 Å². The fourth-order valence-electron chi connectivity index (χ4n) is 1.66. The van der Waals surface area contributed by atoms with Gasteiger partial charge in [0.1, 0.15) is 12.4 Å². The number of nitrogens with zero attached hydrogens (tertiary/aromatic N) is 1. The summed E-state index contributed by atoms with van der Waals surface area (Å²) < 4.78 is 27.2. The molecule has 0 saturated heterocycles. The maximum absolute atomic E-state index is 12.3. The molecule has 0 heterocycles. The molecule has 0 atom stereocenters. The van der Waals surface area contributed by atoms with Crippen LogP contribution in [-0.4, -0.2) is 50.9 Å². The van der Waals surface area contributed by atoms with E-state index < -0.39 is 0 Å². The Morgan fingerprint density at radius 3 is 2.04 bits per heavy atom. The molecular weight excluding hydrogens is 342 g/mol. The Bertz CT molecular complexity index is 492. The molecule has 0 bridgehead atoms. The van der Waals surface area contributed by atoms with Crippen LogP contribution in [0.4, 0.5) is 19.3 Å². The zero-order valence-electron chi connectivity index (χ0n) is 16.1. The number of hydrogen-bond acceptors (Lipinski definition) is 4. The molecule has 26 heavy (non-hydrogen) atoms. The number of amides is 2. The van der Waals surface area contributed by atoms with E-state index in [-0.39, 0.29) is 19.2 Å². The summed E-state index contributed by atoms with van der Waals surface area (Å²) in [5.41, 5.74) is 11.3. The average Bonchev–Trinajstić information content (AvgIpc) is 2.67. The summed E-state index contributed by atoms with van der Waals surface area (Å²) in [6.07, 6.45) is 0.457. The Balaban J connectivity index is 0. The van der Waals surface area contributed by atoms with E-state index in [1.165, 1.54) is 0 Å². The topological polar surface area (TPSA) is 93.6 Å². The van der Waals surface area contributed by atoms with Crippen LogP contribution in [0.1, 0.15) is 20.8 Å². The standard InChI is InChI=1S/C15H22FN3O2.C2H7N.CH3F/c1-3-19(4-2)15(20)18-13-5-7-14(8-6-13)21-11-12(9-16)10-17;1-2-3;1-2/h5-9H,3-4,10-11,17H2,1-2H3,(H,18,20);2-3H2,1H3;1H3/b12-9+;;. The van der Waals surface area contributed by atoms with Crippen molar-refractivity contribution < 1.29 is 18.3 Å². The summed E-state index contributed by atoms with van der Waals surface area (Å²) in [5.74, 6) is 0.587. The Kier molecular flexibility index (Phi) is 17.7. The summed E-state index contributed by atoms with van der Waals surface area (Å²) >= 11 is 0. The second-order valence-corrected chi connectivity index (χ2v) is 4.80. The predicted molar refractivity (Wildman–Crippen MR) is 104 cm³/mol. The number of rotatable bonds is 7. The molecule has 0 aliphatic rings. The van der Waals surface area contributed by atoms with Crippen molar-refractivity contribution in [1.82, 2.24) is 4.90 Å². The fourth-order valence-corrected chi connectivity index (χ4v) is 1.66. The van der Waals surface area contributed by atoms with Crippen LogP contribution in [0.25, 0.3) is 0 Å². The van der Waals surface area contributed by atoms with E-state index in [0.29, 0.717) is 43.6 Å². The van der Waals surface area contributed by atoms with Gasteiger partial charge in [-0.25, -0.2) is 9.18 Å². The second kappa shape index (κ2) is 17.6. The number of nitrogens with one attached hydrogen (secondary N) is 1. The van der Waals surface area contributed by atoms with E-state index in [1.54, 1.807) is 29.2 Å². The molecule has 0 fully saturated rings. The van der Waals surface area contributed by atoms with Crippen LogP contribution in [-0.2, 0) is 0 Å². The summed E-state index contributed by atoms with van der Waals surface area (Å²) in [6, 6.07) is 6.75. The normalized spacial score (nSPS) is 9.92. The van der Waals surface area contributed by atoms with Gasteiger partial charge in [-0.3, -0.25) is 4.39 Å². The molecule has 5 N–H and O–H groups in total. The quantitative estimate of drug-likeness (QED) is 0.683. The zero-order chi connectivity index (χ0) is 20.4. The predicted octanol–water partition coefficient (Wildman–Crippen LogP) is 3.30. The summed E-state index contributed by atoms with van der Waals surface area (Å²) in [6.45, 7) is 8.04. The first-order chi connectivity index (χ1) is 12.6. The average molecular weight is 374 g/mol. The van der Waals surface area contributed by atoms with Crippen molar-refractivity contribution in [1.29, 1.82) is 0 Å². The van der Waals surface area contributed by atoms with Crippen LogP contribution in [0.2, 0.25) is 0 Å². The molecule has 1 aromatic rings. The smallest absolute Gasteiger partial charge is 0.321 e. The molecule has 150 valence electrons. The highest BCUT2D eigenvalue weighted by atomic mass is 19.1. The van der Waals surface area contributed by atoms with Gasteiger partial charge in [-0.2, -0.15) is 0 Å². The Labute approximate surface area is 155 Å². The van der Waals surface area contributed by atoms with Crippen molar-refractivity contribution in [3.05, 3.63) is 36.2 Å². The lowest BCUT2D eigenvalue weighted by molar-refractivity contribution is 0.217. The zero-order valence-corrected chi connectivity index (χ0v) is 16.1. The van der Waals surface area contributed by atoms with E-state index >= 15 is 0 Å². The first-order valence-corrected chi connectivity index (χ1v) is 8.40. The largest absolute Gasteiger partial charge is 0.489 e. The van der Waals surface area contributed by atoms with Gasteiger partial charge in [-0.15, -0.1) is 0 Å². The van der Waals surface area contributed by atoms with Gasteiger partial charge in [-0.05, 0) is 44.7 Å². The summed E-state index contributed by atoms with van der Waals surface area (Å²) in [4.78, 5) is 13.6. The number of halogens is 2. The lowest BCUT2D eigenvalue weighted by atomic mass is 10.3. The minimum atomic E-state index is -0.139. The van der Waals surface area contributed by atoms with Gasteiger partial charge in [0.05, 0.1) is 13.5 Å². The van der Waals surface area contributed by atoms with Crippen LogP contribution in [0.5, 0.6) is 5.75 Å². The highest BCUT2D eigenvalue weighted by Crippen LogP contribution is 2.16. The SMILES string of the molecule is CCN.CCN(CC)C(=O)Nc1ccc(OC/C(=C/F)CN)cc1.CF. The molecule has 0 aromatic heterocycles. The van der Waals surface area contributed by atoms with Gasteiger partial charge in [0.25, 0.3) is 0 Å². The van der Waals surface area contributed by atoms with Crippen LogP contribution in [0.3, 0.4) is 0 Å². The van der Waals surface area contributed by atoms with Crippen LogP contribution >= 0.6 is 0 Å². The minimum absolute atomic E-state index is 0.109. The first-order valence-electron chi connectivity index (χ1n) is 8.40. The number of benzene rings is 1. The molecule has 6 nitrogen and oxygen atoms in total. The molecule has 1 rings (SSSR count). The van der Waals surface area contributed by atoms with Gasteiger partial charge in [0, 0.05) is 30.9 Å². The number of carbonyl (C=O) groups excluding carboxylic acids is 1. The molecule has 2 amide bonds. The Hall–Kier alpha value is -2.19. The number of alkyl halides is 1. The van der Waals surface area contributed by atoms with E-state index in [2.05, 4.69) is 5.32 Å². The van der Waals surface area contributed by atoms with Crippen molar-refractivity contribution in [2.45, 2.75) is 20.8 Å². The van der Waals surface area contributed by atoms with Gasteiger partial charge in [-0.1, -0.05) is 6.92 Å². The van der Waals surface area contributed by atoms with Gasteiger partial charge < -0.3 is 26.4 Å². The lowest BCUT2D eigenvalue weighted by Gasteiger charge is -2.19. The monoisotopic (exact) mass is 374 g/mol. The molecule has 0 aliphatic heterocycles. The third-order valence-electron chi connectivity index (χ3n) is 3.00. The molecule has 0 saturated carbocycles. The fraction of sp³-hybridized carbons (Fsp3) is 0.500. The van der Waals surface area contributed by atoms with Crippen molar-refractivity contribution in [2.24, 2.45) is 11.5 Å². The molecule has 0 aliphatic carbocycles. The molecular formula is C18H32F2N4O2. The number of nitrogens with two attached hydrogens (primary N) is 2. The lowest BCUT2D eigenvalue weighted by Crippen LogP contribution is -2.34. The second-order valence-electron chi connectivity index (χ2n) is 4.80. The van der Waals surface area contributed by atoms with Gasteiger partial charge in [0.2, 0.25) is 0 Å². The summed E-state index contributed by atoms with van der Waals surface area (Å²) in [5, 5.41) is 2.80. The van der Waals surface area contributed by atoms with Gasteiger partial charge in [0.15, 0.2) is 0 Å². The number of urea groups is 1. The number of carbonyl (C=O) groups is 1. The molecule has 0 unspecified atom stereocenters. The maximum atomic E-state index is 12.3. The number of anilines is 1. The highest BCUT2D eigenvalue weighted by Gasteiger charge is 2.09. The Morgan fingerprint density at radius 1 is 1.15 bits per heavy atom. The number of hydrogen-bond donors (Lipinski definition) is 3. The van der Waals surface area contributed by atoms with Crippen molar-refractivity contribution in [3.8, 4) is 5.75 Å². The van der Waals surface area contributed by atoms with Crippen molar-refractivity contribution >= 4 is 11.7 Å². The third-order valence-corrected chi connectivity index (χ3v) is 3.00. The van der Waals surface area contributed by atoms with E-state index in [1.807, 2.05) is 20.8 Å². The third kappa shape index (κ3) is 11.4. The van der Waals surface area contributed by atoms with Crippen molar-refractivity contribution in [3.63, 3.8) is 0 Å². The molecule has 1 aromatic carbocycles. The molecule has 0 spiro atoms. The van der Waals surface area contributed by atoms with E-state index in [4.69, 9.17) is 16.2 Å². The number of ether oxygens (including phenoxy) is 1. The van der Waals surface area contributed by atoms with Crippen LogP contribution in [0.15, 0.2) is 36.2 Å². The van der Waals surface area contributed by atoms with E-state index in [0.717, 1.165) is 6.54 Å². The van der Waals surface area contributed by atoms with Crippen LogP contribution < -0.4 is 21.5 Å². The highest BCUT2D eigenvalue weighted by molar-refractivity contribution is 5.89. The first kappa shape index (κ1) is 26.0. The maximum Gasteiger partial charge on any atom is 0.321 e. The Morgan fingerprint density at radius 2 is 1.65 bits per heavy atom. The summed E-state index contributed by atoms with van der Waals surface area (Å²) in [7, 11) is 0.500. The minimum Gasteiger partial charge on any atom is -0.489 e. The van der Waals surface area contributed by atoms with Crippen molar-refractivity contribution in [2.75, 3.05) is 45.3 Å². The molecule has 0 radical (unpaired) electrons. The molecule has 8 heteroatoms. The van der Waals surface area contributed by atoms with E-state index in [9.17, 15) is 13.6 Å². The van der Waals surface area contributed by atoms with Gasteiger partial charge >= 0.3 is 6.03 Å².